The zero-order valence-electron chi connectivity index (χ0n) is 14.3. The minimum Gasteiger partial charge on any atom is -0.399 e. The first kappa shape index (κ1) is 16.9. The number of fused-ring (bicyclic) bond motifs is 1. The van der Waals surface area contributed by atoms with Crippen molar-refractivity contribution in [3.05, 3.63) is 29.1 Å². The van der Waals surface area contributed by atoms with E-state index in [1.807, 2.05) is 0 Å². The maximum Gasteiger partial charge on any atom is 0.278 e. The average Bonchev–Trinajstić information content (AvgIpc) is 3.07. The second-order valence-electron chi connectivity index (χ2n) is 5.68. The van der Waals surface area contributed by atoms with Crippen LogP contribution >= 0.6 is 0 Å². The van der Waals surface area contributed by atoms with Crippen molar-refractivity contribution in [2.75, 3.05) is 24.3 Å². The second kappa shape index (κ2) is 7.73. The van der Waals surface area contributed by atoms with Crippen molar-refractivity contribution in [3.8, 4) is 0 Å². The van der Waals surface area contributed by atoms with Crippen LogP contribution in [0, 0.1) is 0 Å². The van der Waals surface area contributed by atoms with E-state index in [1.165, 1.54) is 7.11 Å². The largest absolute Gasteiger partial charge is 0.399 e. The molecular formula is C16H21N7O2. The van der Waals surface area contributed by atoms with Crippen LogP contribution in [-0.2, 0) is 11.3 Å². The Morgan fingerprint density at radius 2 is 2.12 bits per heavy atom. The van der Waals surface area contributed by atoms with Crippen molar-refractivity contribution < 1.29 is 9.63 Å². The number of hydrogen-bond acceptors (Lipinski definition) is 7. The first-order chi connectivity index (χ1) is 12.2. The zero-order chi connectivity index (χ0) is 17.6. The highest BCUT2D eigenvalue weighted by molar-refractivity contribution is 6.13. The van der Waals surface area contributed by atoms with E-state index in [1.54, 1.807) is 12.1 Å². The van der Waals surface area contributed by atoms with Crippen LogP contribution in [-0.4, -0.2) is 45.7 Å². The zero-order valence-corrected chi connectivity index (χ0v) is 14.3. The molecule has 0 saturated heterocycles. The van der Waals surface area contributed by atoms with Crippen LogP contribution in [0.25, 0.3) is 0 Å². The predicted molar refractivity (Wildman–Crippen MR) is 93.8 cm³/mol. The van der Waals surface area contributed by atoms with Crippen LogP contribution in [0.2, 0.25) is 0 Å². The Hall–Kier alpha value is -2.97. The number of carbonyl (C=O) groups excluding carboxylic acids is 1. The Morgan fingerprint density at radius 3 is 2.84 bits per heavy atom. The molecule has 2 heterocycles. The van der Waals surface area contributed by atoms with E-state index in [0.29, 0.717) is 17.3 Å². The first-order valence-corrected chi connectivity index (χ1v) is 8.29. The van der Waals surface area contributed by atoms with Gasteiger partial charge in [0.25, 0.3) is 5.91 Å². The normalized spacial score (nSPS) is 14.9. The monoisotopic (exact) mass is 343 g/mol. The van der Waals surface area contributed by atoms with Crippen molar-refractivity contribution in [2.24, 2.45) is 5.16 Å². The number of carbonyl (C=O) groups is 1. The molecule has 0 fully saturated rings. The minimum absolute atomic E-state index is 0.292. The number of nitrogens with zero attached hydrogens (tertiary/aromatic N) is 4. The van der Waals surface area contributed by atoms with Gasteiger partial charge in [-0.1, -0.05) is 12.1 Å². The summed E-state index contributed by atoms with van der Waals surface area (Å²) in [6.07, 6.45) is 3.51. The number of anilines is 2. The summed E-state index contributed by atoms with van der Waals surface area (Å²) >= 11 is 0. The fourth-order valence-electron chi connectivity index (χ4n) is 2.72. The summed E-state index contributed by atoms with van der Waals surface area (Å²) in [5, 5.41) is 25.0. The Bertz CT molecular complexity index is 767. The van der Waals surface area contributed by atoms with Gasteiger partial charge in [0.2, 0.25) is 0 Å². The number of hydrogen-bond donors (Lipinski definition) is 3. The lowest BCUT2D eigenvalue weighted by Crippen LogP contribution is -2.20. The predicted octanol–water partition coefficient (Wildman–Crippen LogP) is 1.96. The summed E-state index contributed by atoms with van der Waals surface area (Å²) in [5.74, 6) is 0.683. The fourth-order valence-corrected chi connectivity index (χ4v) is 2.72. The van der Waals surface area contributed by atoms with Crippen molar-refractivity contribution >= 4 is 23.3 Å². The van der Waals surface area contributed by atoms with Crippen LogP contribution < -0.4 is 10.6 Å². The molecule has 0 atom stereocenters. The standard InChI is InChI=1S/C16H21N7O2/c1-3-9-17-12-7-8-13(21-20-12)18-16(24)15-14-10(19-22-15)5-4-6-11(14)23-25-2/h7-8H,3-6,9H2,1-2H3,(H,17,20)(H,19,22)(H,18,21,24). The summed E-state index contributed by atoms with van der Waals surface area (Å²) in [6.45, 7) is 2.89. The van der Waals surface area contributed by atoms with Gasteiger partial charge in [-0.05, 0) is 37.8 Å². The van der Waals surface area contributed by atoms with Gasteiger partial charge in [0.05, 0.1) is 11.3 Å². The first-order valence-electron chi connectivity index (χ1n) is 8.29. The van der Waals surface area contributed by atoms with Gasteiger partial charge < -0.3 is 15.5 Å². The molecule has 132 valence electrons. The second-order valence-corrected chi connectivity index (χ2v) is 5.68. The molecule has 2 aromatic rings. The van der Waals surface area contributed by atoms with Crippen molar-refractivity contribution in [1.29, 1.82) is 0 Å². The van der Waals surface area contributed by atoms with Crippen LogP contribution in [0.3, 0.4) is 0 Å². The highest BCUT2D eigenvalue weighted by Crippen LogP contribution is 2.24. The molecule has 0 unspecified atom stereocenters. The van der Waals surface area contributed by atoms with Gasteiger partial charge in [0, 0.05) is 12.2 Å². The number of oxime groups is 1. The van der Waals surface area contributed by atoms with Gasteiger partial charge in [-0.3, -0.25) is 9.89 Å². The van der Waals surface area contributed by atoms with Gasteiger partial charge in [-0.25, -0.2) is 0 Å². The molecular weight excluding hydrogens is 322 g/mol. The number of rotatable bonds is 6. The van der Waals surface area contributed by atoms with Crippen molar-refractivity contribution in [3.63, 3.8) is 0 Å². The topological polar surface area (TPSA) is 117 Å². The summed E-state index contributed by atoms with van der Waals surface area (Å²) in [4.78, 5) is 17.5. The lowest BCUT2D eigenvalue weighted by atomic mass is 9.93. The number of H-pyrrole nitrogens is 1. The molecule has 2 aromatic heterocycles. The average molecular weight is 343 g/mol. The third-order valence-corrected chi connectivity index (χ3v) is 3.85. The van der Waals surface area contributed by atoms with Gasteiger partial charge in [0.1, 0.15) is 12.9 Å². The molecule has 3 N–H and O–H groups in total. The van der Waals surface area contributed by atoms with Crippen LogP contribution in [0.15, 0.2) is 17.3 Å². The van der Waals surface area contributed by atoms with E-state index < -0.39 is 0 Å². The van der Waals surface area contributed by atoms with Gasteiger partial charge in [0.15, 0.2) is 11.5 Å². The molecule has 0 spiro atoms. The molecule has 3 rings (SSSR count). The van der Waals surface area contributed by atoms with E-state index in [2.05, 4.69) is 43.1 Å². The minimum atomic E-state index is -0.355. The Balaban J connectivity index is 1.76. The third-order valence-electron chi connectivity index (χ3n) is 3.85. The fraction of sp³-hybridized carbons (Fsp3) is 0.438. The van der Waals surface area contributed by atoms with Crippen molar-refractivity contribution in [2.45, 2.75) is 32.6 Å². The lowest BCUT2D eigenvalue weighted by molar-refractivity contribution is 0.102. The molecule has 0 aliphatic heterocycles. The Labute approximate surface area is 145 Å². The molecule has 9 heteroatoms. The number of amides is 1. The molecule has 0 radical (unpaired) electrons. The van der Waals surface area contributed by atoms with Gasteiger partial charge in [-0.15, -0.1) is 10.2 Å². The lowest BCUT2D eigenvalue weighted by Gasteiger charge is -2.13. The quantitative estimate of drug-likeness (QED) is 0.690. The van der Waals surface area contributed by atoms with Crippen LogP contribution in [0.5, 0.6) is 0 Å². The SMILES string of the molecule is CCCNc1ccc(NC(=O)c2n[nH]c3c2C(=NOC)CCC3)nn1. The van der Waals surface area contributed by atoms with Crippen LogP contribution in [0.1, 0.15) is 47.9 Å². The maximum atomic E-state index is 12.6. The molecule has 0 aromatic carbocycles. The Morgan fingerprint density at radius 1 is 1.32 bits per heavy atom. The summed E-state index contributed by atoms with van der Waals surface area (Å²) in [6, 6.07) is 3.47. The van der Waals surface area contributed by atoms with Crippen molar-refractivity contribution in [1.82, 2.24) is 20.4 Å². The molecule has 0 saturated carbocycles. The van der Waals surface area contributed by atoms with Gasteiger partial charge in [-0.2, -0.15) is 5.10 Å². The summed E-state index contributed by atoms with van der Waals surface area (Å²) in [7, 11) is 1.49. The molecule has 1 aliphatic rings. The Kier molecular flexibility index (Phi) is 5.22. The maximum absolute atomic E-state index is 12.6. The molecule has 1 aliphatic carbocycles. The number of aromatic nitrogens is 4. The summed E-state index contributed by atoms with van der Waals surface area (Å²) in [5.41, 5.74) is 2.64. The molecule has 1 amide bonds. The van der Waals surface area contributed by atoms with E-state index in [9.17, 15) is 4.79 Å². The highest BCUT2D eigenvalue weighted by Gasteiger charge is 2.27. The molecule has 25 heavy (non-hydrogen) atoms. The van der Waals surface area contributed by atoms with E-state index in [0.717, 1.165) is 49.2 Å². The highest BCUT2D eigenvalue weighted by atomic mass is 16.6. The van der Waals surface area contributed by atoms with E-state index in [-0.39, 0.29) is 5.91 Å². The molecule has 9 nitrogen and oxygen atoms in total. The van der Waals surface area contributed by atoms with Gasteiger partial charge >= 0.3 is 0 Å². The van der Waals surface area contributed by atoms with E-state index >= 15 is 0 Å². The summed E-state index contributed by atoms with van der Waals surface area (Å²) < 4.78 is 0. The molecule has 0 bridgehead atoms. The van der Waals surface area contributed by atoms with Crippen LogP contribution in [0.4, 0.5) is 11.6 Å². The number of aromatic amines is 1. The smallest absolute Gasteiger partial charge is 0.278 e. The third kappa shape index (κ3) is 3.76. The van der Waals surface area contributed by atoms with E-state index in [4.69, 9.17) is 4.84 Å². The number of aryl methyl sites for hydroxylation is 1. The number of nitrogens with one attached hydrogen (secondary N) is 3.